The highest BCUT2D eigenvalue weighted by Crippen LogP contribution is 2.58. The van der Waals surface area contributed by atoms with Gasteiger partial charge in [0.15, 0.2) is 16.6 Å². The van der Waals surface area contributed by atoms with E-state index in [4.69, 9.17) is 20.2 Å². The highest BCUT2D eigenvalue weighted by molar-refractivity contribution is 6.83. The molecule has 3 atom stereocenters. The monoisotopic (exact) mass is 716 g/mol. The number of ether oxygens (including phenoxy) is 1. The smallest absolute Gasteiger partial charge is 0.192 e. The SMILES string of the molecule is C=C[C@](CCC)([C@H](O[Si](C)(C)C(C)(C)C)[C@H](CO[Si](C)(C)C(C)(C)C)OCc1ccccc1)[Si](C)(C)C(c1ccccc1)c1ccccc1. The summed E-state index contributed by atoms with van der Waals surface area (Å²) in [7, 11) is -6.91. The summed E-state index contributed by atoms with van der Waals surface area (Å²) in [5.41, 5.74) is 4.10. The third kappa shape index (κ3) is 9.63. The minimum atomic E-state index is -2.46. The molecule has 49 heavy (non-hydrogen) atoms. The van der Waals surface area contributed by atoms with E-state index in [1.165, 1.54) is 11.1 Å². The summed E-state index contributed by atoms with van der Waals surface area (Å²) >= 11 is 0. The van der Waals surface area contributed by atoms with Gasteiger partial charge in [0.1, 0.15) is 6.10 Å². The summed E-state index contributed by atoms with van der Waals surface area (Å²) in [5.74, 6) is 0. The van der Waals surface area contributed by atoms with Gasteiger partial charge in [-0.1, -0.05) is 165 Å². The zero-order valence-corrected chi connectivity index (χ0v) is 36.2. The Bertz CT molecular complexity index is 1390. The number of rotatable bonds is 17. The second-order valence-electron chi connectivity index (χ2n) is 17.7. The summed E-state index contributed by atoms with van der Waals surface area (Å²) in [5, 5.41) is -0.254. The fraction of sp³-hybridized carbons (Fsp3) is 0.535. The predicted octanol–water partition coefficient (Wildman–Crippen LogP) is 12.8. The first-order valence-corrected chi connectivity index (χ1v) is 27.3. The Hall–Kier alpha value is -2.07. The normalized spacial score (nSPS) is 15.9. The van der Waals surface area contributed by atoms with Gasteiger partial charge in [0.05, 0.1) is 27.4 Å². The van der Waals surface area contributed by atoms with Gasteiger partial charge in [-0.05, 0) is 59.4 Å². The predicted molar refractivity (Wildman–Crippen MR) is 220 cm³/mol. The molecule has 3 nitrogen and oxygen atoms in total. The van der Waals surface area contributed by atoms with Crippen LogP contribution in [0.2, 0.25) is 54.4 Å². The van der Waals surface area contributed by atoms with Gasteiger partial charge < -0.3 is 13.6 Å². The molecule has 0 aromatic heterocycles. The molecule has 0 spiro atoms. The average molecular weight is 717 g/mol. The van der Waals surface area contributed by atoms with Gasteiger partial charge >= 0.3 is 0 Å². The lowest BCUT2D eigenvalue weighted by Crippen LogP contribution is -2.61. The van der Waals surface area contributed by atoms with Crippen LogP contribution < -0.4 is 0 Å². The molecular weight excluding hydrogens is 649 g/mol. The Morgan fingerprint density at radius 3 is 1.53 bits per heavy atom. The van der Waals surface area contributed by atoms with Crippen molar-refractivity contribution < 1.29 is 13.6 Å². The summed E-state index contributed by atoms with van der Waals surface area (Å²) in [6.45, 7) is 36.7. The van der Waals surface area contributed by atoms with Crippen molar-refractivity contribution in [1.82, 2.24) is 0 Å². The first kappa shape index (κ1) is 41.4. The molecular formula is C43H68O3Si3. The summed E-state index contributed by atoms with van der Waals surface area (Å²) in [4.78, 5) is 0. The van der Waals surface area contributed by atoms with Crippen LogP contribution >= 0.6 is 0 Å². The van der Waals surface area contributed by atoms with Gasteiger partial charge in [-0.2, -0.15) is 0 Å². The molecule has 0 saturated carbocycles. The van der Waals surface area contributed by atoms with Crippen LogP contribution in [-0.4, -0.2) is 43.5 Å². The minimum Gasteiger partial charge on any atom is -0.414 e. The van der Waals surface area contributed by atoms with Crippen LogP contribution in [0.25, 0.3) is 0 Å². The van der Waals surface area contributed by atoms with E-state index >= 15 is 0 Å². The number of benzene rings is 3. The molecule has 0 saturated heterocycles. The van der Waals surface area contributed by atoms with Gasteiger partial charge in [-0.15, -0.1) is 6.58 Å². The van der Waals surface area contributed by atoms with E-state index in [2.05, 4.69) is 185 Å². The van der Waals surface area contributed by atoms with Gasteiger partial charge in [0, 0.05) is 10.6 Å². The van der Waals surface area contributed by atoms with E-state index in [0.717, 1.165) is 18.4 Å². The van der Waals surface area contributed by atoms with Crippen LogP contribution in [-0.2, 0) is 20.2 Å². The third-order valence-electron chi connectivity index (χ3n) is 12.0. The molecule has 3 aromatic carbocycles. The molecule has 0 amide bonds. The highest BCUT2D eigenvalue weighted by Gasteiger charge is 2.58. The fourth-order valence-corrected chi connectivity index (χ4v) is 14.3. The van der Waals surface area contributed by atoms with Gasteiger partial charge in [-0.25, -0.2) is 0 Å². The fourth-order valence-electron chi connectivity index (χ4n) is 6.83. The topological polar surface area (TPSA) is 27.7 Å². The van der Waals surface area contributed by atoms with E-state index in [0.29, 0.717) is 13.2 Å². The van der Waals surface area contributed by atoms with Gasteiger partial charge in [-0.3, -0.25) is 0 Å². The highest BCUT2D eigenvalue weighted by atomic mass is 28.4. The van der Waals surface area contributed by atoms with Crippen molar-refractivity contribution >= 4 is 24.7 Å². The molecule has 0 unspecified atom stereocenters. The van der Waals surface area contributed by atoms with E-state index in [-0.39, 0.29) is 32.9 Å². The van der Waals surface area contributed by atoms with Crippen molar-refractivity contribution in [3.8, 4) is 0 Å². The average Bonchev–Trinajstić information content (AvgIpc) is 3.03. The second-order valence-corrected chi connectivity index (χ2v) is 32.2. The lowest BCUT2D eigenvalue weighted by molar-refractivity contribution is -0.0753. The maximum atomic E-state index is 7.83. The Morgan fingerprint density at radius 1 is 0.673 bits per heavy atom. The molecule has 0 bridgehead atoms. The molecule has 0 aliphatic heterocycles. The van der Waals surface area contributed by atoms with Crippen molar-refractivity contribution in [2.45, 2.75) is 140 Å². The molecule has 0 fully saturated rings. The second kappa shape index (κ2) is 16.5. The Morgan fingerprint density at radius 2 is 1.12 bits per heavy atom. The van der Waals surface area contributed by atoms with Crippen LogP contribution in [0.1, 0.15) is 83.5 Å². The zero-order chi connectivity index (χ0) is 36.7. The minimum absolute atomic E-state index is 0.0125. The standard InChI is InChI=1S/C43H68O3Si3/c1-15-32-43(16-2,47(9,10)39(36-28-22-18-23-29-36)37-30-24-19-25-31-37)40(46-49(13,14)42(6,7)8)38(34-45-48(11,12)41(3,4)5)44-33-35-26-20-17-21-27-35/h16-31,38-40H,2,15,32-34H2,1,3-14H3/t38-,40+,43-/m0/s1. The molecule has 0 aliphatic carbocycles. The van der Waals surface area contributed by atoms with Crippen molar-refractivity contribution in [2.24, 2.45) is 0 Å². The molecule has 0 aliphatic rings. The van der Waals surface area contributed by atoms with Crippen molar-refractivity contribution in [3.63, 3.8) is 0 Å². The van der Waals surface area contributed by atoms with E-state index in [1.54, 1.807) is 0 Å². The largest absolute Gasteiger partial charge is 0.414 e. The molecule has 270 valence electrons. The van der Waals surface area contributed by atoms with E-state index in [1.807, 2.05) is 0 Å². The molecule has 0 radical (unpaired) electrons. The summed E-state index contributed by atoms with van der Waals surface area (Å²) < 4.78 is 22.1. The first-order valence-electron chi connectivity index (χ1n) is 18.4. The van der Waals surface area contributed by atoms with Crippen molar-refractivity contribution in [1.29, 1.82) is 0 Å². The summed E-state index contributed by atoms with van der Waals surface area (Å²) in [6.07, 6.45) is 3.77. The first-order chi connectivity index (χ1) is 22.7. The van der Waals surface area contributed by atoms with Gasteiger partial charge in [0.25, 0.3) is 0 Å². The zero-order valence-electron chi connectivity index (χ0n) is 33.2. The Balaban J connectivity index is 2.35. The van der Waals surface area contributed by atoms with Gasteiger partial charge in [0.2, 0.25) is 0 Å². The van der Waals surface area contributed by atoms with Crippen molar-refractivity contribution in [2.75, 3.05) is 6.61 Å². The van der Waals surface area contributed by atoms with Crippen LogP contribution in [0.3, 0.4) is 0 Å². The summed E-state index contributed by atoms with van der Waals surface area (Å²) in [6, 6.07) is 32.8. The number of hydrogen-bond acceptors (Lipinski definition) is 3. The lowest BCUT2D eigenvalue weighted by atomic mass is 9.91. The quantitative estimate of drug-likeness (QED) is 0.103. The van der Waals surface area contributed by atoms with Crippen LogP contribution in [0.15, 0.2) is 104 Å². The van der Waals surface area contributed by atoms with Crippen LogP contribution in [0.4, 0.5) is 0 Å². The maximum absolute atomic E-state index is 7.83. The molecule has 0 N–H and O–H groups in total. The third-order valence-corrected chi connectivity index (χ3v) is 26.2. The Labute approximate surface area is 304 Å². The molecule has 3 aromatic rings. The van der Waals surface area contributed by atoms with Crippen molar-refractivity contribution in [3.05, 3.63) is 120 Å². The number of hydrogen-bond donors (Lipinski definition) is 0. The van der Waals surface area contributed by atoms with Crippen LogP contribution in [0.5, 0.6) is 0 Å². The van der Waals surface area contributed by atoms with Crippen LogP contribution in [0, 0.1) is 0 Å². The van der Waals surface area contributed by atoms with E-state index in [9.17, 15) is 0 Å². The Kier molecular flexibility index (Phi) is 13.9. The lowest BCUT2D eigenvalue weighted by Gasteiger charge is -2.56. The maximum Gasteiger partial charge on any atom is 0.192 e. The molecule has 0 heterocycles. The molecule has 3 rings (SSSR count). The molecule has 6 heteroatoms. The van der Waals surface area contributed by atoms with E-state index < -0.39 is 24.7 Å².